The highest BCUT2D eigenvalue weighted by Crippen LogP contribution is 2.14. The molecule has 0 amide bonds. The third-order valence-electron chi connectivity index (χ3n) is 2.78. The van der Waals surface area contributed by atoms with E-state index in [9.17, 15) is 0 Å². The molecule has 0 bridgehead atoms. The molecule has 2 N–H and O–H groups in total. The molecule has 0 aromatic heterocycles. The van der Waals surface area contributed by atoms with Gasteiger partial charge in [0.25, 0.3) is 0 Å². The Morgan fingerprint density at radius 1 is 1.27 bits per heavy atom. The first-order valence-corrected chi connectivity index (χ1v) is 5.60. The van der Waals surface area contributed by atoms with E-state index in [0.29, 0.717) is 6.04 Å². The Kier molecular flexibility index (Phi) is 4.79. The van der Waals surface area contributed by atoms with Crippen molar-refractivity contribution in [1.29, 1.82) is 0 Å². The highest BCUT2D eigenvalue weighted by Gasteiger charge is 2.10. The quantitative estimate of drug-likeness (QED) is 0.777. The molecule has 0 aliphatic carbocycles. The Bertz CT molecular complexity index is 277. The molecular weight excluding hydrogens is 186 g/mol. The first-order chi connectivity index (χ1) is 7.17. The van der Waals surface area contributed by atoms with Crippen molar-refractivity contribution in [2.45, 2.75) is 39.3 Å². The molecule has 84 valence electrons. The summed E-state index contributed by atoms with van der Waals surface area (Å²) in [6, 6.07) is 9.00. The zero-order valence-electron chi connectivity index (χ0n) is 9.83. The summed E-state index contributed by atoms with van der Waals surface area (Å²) in [4.78, 5) is 0. The number of hydrogen-bond acceptors (Lipinski definition) is 2. The lowest BCUT2D eigenvalue weighted by molar-refractivity contribution is 0.230. The van der Waals surface area contributed by atoms with Gasteiger partial charge in [-0.25, -0.2) is 0 Å². The molecule has 0 fully saturated rings. The van der Waals surface area contributed by atoms with E-state index < -0.39 is 0 Å². The van der Waals surface area contributed by atoms with Crippen LogP contribution >= 0.6 is 0 Å². The predicted molar refractivity (Wildman–Crippen MR) is 63.9 cm³/mol. The van der Waals surface area contributed by atoms with Crippen LogP contribution < -0.4 is 5.32 Å². The summed E-state index contributed by atoms with van der Waals surface area (Å²) in [5.74, 6) is 0. The number of hydrogen-bond donors (Lipinski definition) is 2. The molecule has 15 heavy (non-hydrogen) atoms. The van der Waals surface area contributed by atoms with Crippen LogP contribution in [0.4, 0.5) is 0 Å². The SMILES string of the molecule is CCC(CO)NC(C)c1ccc(C)cc1. The van der Waals surface area contributed by atoms with E-state index in [-0.39, 0.29) is 12.6 Å². The summed E-state index contributed by atoms with van der Waals surface area (Å²) < 4.78 is 0. The van der Waals surface area contributed by atoms with Gasteiger partial charge in [0, 0.05) is 12.1 Å². The molecule has 1 rings (SSSR count). The Labute approximate surface area is 92.3 Å². The first kappa shape index (κ1) is 12.2. The van der Waals surface area contributed by atoms with Gasteiger partial charge in [-0.2, -0.15) is 0 Å². The van der Waals surface area contributed by atoms with Crippen molar-refractivity contribution < 1.29 is 5.11 Å². The Morgan fingerprint density at radius 2 is 1.87 bits per heavy atom. The van der Waals surface area contributed by atoms with Gasteiger partial charge in [-0.3, -0.25) is 0 Å². The van der Waals surface area contributed by atoms with E-state index in [1.165, 1.54) is 11.1 Å². The summed E-state index contributed by atoms with van der Waals surface area (Å²) in [5.41, 5.74) is 2.55. The fraction of sp³-hybridized carbons (Fsp3) is 0.538. The third-order valence-corrected chi connectivity index (χ3v) is 2.78. The number of aliphatic hydroxyl groups is 1. The van der Waals surface area contributed by atoms with Gasteiger partial charge in [-0.05, 0) is 25.8 Å². The van der Waals surface area contributed by atoms with Crippen LogP contribution in [0.3, 0.4) is 0 Å². The molecule has 2 atom stereocenters. The van der Waals surface area contributed by atoms with Crippen LogP contribution in [0.2, 0.25) is 0 Å². The van der Waals surface area contributed by atoms with Gasteiger partial charge in [-0.15, -0.1) is 0 Å². The number of rotatable bonds is 5. The van der Waals surface area contributed by atoms with Crippen molar-refractivity contribution >= 4 is 0 Å². The largest absolute Gasteiger partial charge is 0.395 e. The zero-order valence-corrected chi connectivity index (χ0v) is 9.83. The van der Waals surface area contributed by atoms with Crippen molar-refractivity contribution in [3.63, 3.8) is 0 Å². The number of nitrogens with one attached hydrogen (secondary N) is 1. The normalized spacial score (nSPS) is 14.9. The lowest BCUT2D eigenvalue weighted by Gasteiger charge is -2.20. The van der Waals surface area contributed by atoms with Crippen LogP contribution in [-0.2, 0) is 0 Å². The number of aliphatic hydroxyl groups excluding tert-OH is 1. The van der Waals surface area contributed by atoms with Crippen LogP contribution in [0.1, 0.15) is 37.4 Å². The summed E-state index contributed by atoms with van der Waals surface area (Å²) in [6.07, 6.45) is 0.951. The zero-order chi connectivity index (χ0) is 11.3. The van der Waals surface area contributed by atoms with Crippen molar-refractivity contribution in [3.8, 4) is 0 Å². The van der Waals surface area contributed by atoms with Crippen LogP contribution in [0.5, 0.6) is 0 Å². The molecule has 0 saturated carbocycles. The molecule has 0 spiro atoms. The Hall–Kier alpha value is -0.860. The number of aryl methyl sites for hydroxylation is 1. The van der Waals surface area contributed by atoms with Gasteiger partial charge in [0.05, 0.1) is 6.61 Å². The molecule has 2 nitrogen and oxygen atoms in total. The first-order valence-electron chi connectivity index (χ1n) is 5.60. The van der Waals surface area contributed by atoms with Crippen molar-refractivity contribution in [1.82, 2.24) is 5.32 Å². The van der Waals surface area contributed by atoms with Gasteiger partial charge in [0.15, 0.2) is 0 Å². The van der Waals surface area contributed by atoms with E-state index >= 15 is 0 Å². The lowest BCUT2D eigenvalue weighted by Crippen LogP contribution is -2.33. The van der Waals surface area contributed by atoms with Gasteiger partial charge in [-0.1, -0.05) is 36.8 Å². The van der Waals surface area contributed by atoms with E-state index in [0.717, 1.165) is 6.42 Å². The van der Waals surface area contributed by atoms with Crippen LogP contribution in [0.25, 0.3) is 0 Å². The molecule has 0 aliphatic rings. The van der Waals surface area contributed by atoms with Crippen molar-refractivity contribution in [2.75, 3.05) is 6.61 Å². The molecule has 1 aromatic carbocycles. The number of benzene rings is 1. The predicted octanol–water partition coefficient (Wildman–Crippen LogP) is 2.42. The summed E-state index contributed by atoms with van der Waals surface area (Å²) in [7, 11) is 0. The molecule has 0 radical (unpaired) electrons. The minimum absolute atomic E-state index is 0.196. The molecule has 0 heterocycles. The Morgan fingerprint density at radius 3 is 2.33 bits per heavy atom. The highest BCUT2D eigenvalue weighted by atomic mass is 16.3. The topological polar surface area (TPSA) is 32.3 Å². The van der Waals surface area contributed by atoms with Crippen LogP contribution in [-0.4, -0.2) is 17.8 Å². The average molecular weight is 207 g/mol. The summed E-state index contributed by atoms with van der Waals surface area (Å²) in [5, 5.41) is 12.5. The molecule has 0 aliphatic heterocycles. The monoisotopic (exact) mass is 207 g/mol. The van der Waals surface area contributed by atoms with Gasteiger partial charge < -0.3 is 10.4 Å². The van der Waals surface area contributed by atoms with E-state index in [4.69, 9.17) is 5.11 Å². The second-order valence-electron chi connectivity index (χ2n) is 4.09. The van der Waals surface area contributed by atoms with Gasteiger partial charge >= 0.3 is 0 Å². The van der Waals surface area contributed by atoms with E-state index in [1.807, 2.05) is 0 Å². The van der Waals surface area contributed by atoms with Crippen molar-refractivity contribution in [3.05, 3.63) is 35.4 Å². The molecular formula is C13H21NO. The Balaban J connectivity index is 2.60. The second kappa shape index (κ2) is 5.89. The minimum atomic E-state index is 0.196. The maximum absolute atomic E-state index is 9.10. The minimum Gasteiger partial charge on any atom is -0.395 e. The fourth-order valence-electron chi connectivity index (χ4n) is 1.60. The molecule has 0 saturated heterocycles. The third kappa shape index (κ3) is 3.65. The highest BCUT2D eigenvalue weighted by molar-refractivity contribution is 5.23. The van der Waals surface area contributed by atoms with E-state index in [1.54, 1.807) is 0 Å². The lowest BCUT2D eigenvalue weighted by atomic mass is 10.1. The summed E-state index contributed by atoms with van der Waals surface area (Å²) in [6.45, 7) is 6.50. The average Bonchev–Trinajstić information content (AvgIpc) is 2.26. The van der Waals surface area contributed by atoms with Crippen LogP contribution in [0, 0.1) is 6.92 Å². The fourth-order valence-corrected chi connectivity index (χ4v) is 1.60. The standard InChI is InChI=1S/C13H21NO/c1-4-13(9-15)14-11(3)12-7-5-10(2)6-8-12/h5-8,11,13-15H,4,9H2,1-3H3. The smallest absolute Gasteiger partial charge is 0.0584 e. The summed E-state index contributed by atoms with van der Waals surface area (Å²) >= 11 is 0. The van der Waals surface area contributed by atoms with Gasteiger partial charge in [0.2, 0.25) is 0 Å². The second-order valence-corrected chi connectivity index (χ2v) is 4.09. The molecule has 2 heteroatoms. The molecule has 1 aromatic rings. The van der Waals surface area contributed by atoms with Crippen LogP contribution in [0.15, 0.2) is 24.3 Å². The maximum Gasteiger partial charge on any atom is 0.0584 e. The maximum atomic E-state index is 9.10. The van der Waals surface area contributed by atoms with E-state index in [2.05, 4.69) is 50.4 Å². The van der Waals surface area contributed by atoms with Gasteiger partial charge in [0.1, 0.15) is 0 Å². The van der Waals surface area contributed by atoms with Crippen molar-refractivity contribution in [2.24, 2.45) is 0 Å². The molecule has 2 unspecified atom stereocenters.